The third kappa shape index (κ3) is 5.39. The Labute approximate surface area is 202 Å². The Morgan fingerprint density at radius 3 is 2.06 bits per heavy atom. The van der Waals surface area contributed by atoms with Crippen molar-refractivity contribution < 1.29 is 9.18 Å². The number of aryl methyl sites for hydroxylation is 1. The first-order valence-corrected chi connectivity index (χ1v) is 10.4. The average Bonchev–Trinajstić information content (AvgIpc) is 2.82. The summed E-state index contributed by atoms with van der Waals surface area (Å²) in [6, 6.07) is 25.3. The van der Waals surface area contributed by atoms with Gasteiger partial charge in [-0.15, -0.1) is 12.4 Å². The molecule has 0 fully saturated rings. The van der Waals surface area contributed by atoms with Crippen molar-refractivity contribution in [1.82, 2.24) is 9.78 Å². The topological polar surface area (TPSA) is 90.0 Å². The third-order valence-electron chi connectivity index (χ3n) is 5.45. The van der Waals surface area contributed by atoms with Gasteiger partial charge in [-0.05, 0) is 35.4 Å². The molecule has 0 saturated heterocycles. The summed E-state index contributed by atoms with van der Waals surface area (Å²) >= 11 is 0. The SMILES string of the molecule is Cl.Cn1nc(-c2ccc(NC(=O)C(N)C(c3ccccc3)c3ccccc3)cc2F)ccc1=O. The van der Waals surface area contributed by atoms with Gasteiger partial charge in [0.25, 0.3) is 5.56 Å². The van der Waals surface area contributed by atoms with Gasteiger partial charge < -0.3 is 11.1 Å². The molecular formula is C26H24ClFN4O2. The summed E-state index contributed by atoms with van der Waals surface area (Å²) in [7, 11) is 1.50. The second kappa shape index (κ2) is 10.9. The number of halogens is 2. The fourth-order valence-corrected chi connectivity index (χ4v) is 3.75. The molecule has 0 spiro atoms. The van der Waals surface area contributed by atoms with Crippen LogP contribution < -0.4 is 16.6 Å². The Hall–Kier alpha value is -3.81. The van der Waals surface area contributed by atoms with Crippen LogP contribution in [-0.4, -0.2) is 21.7 Å². The number of nitrogens with two attached hydrogens (primary N) is 1. The molecule has 1 aromatic heterocycles. The van der Waals surface area contributed by atoms with Crippen molar-refractivity contribution in [2.45, 2.75) is 12.0 Å². The number of nitrogens with zero attached hydrogens (tertiary/aromatic N) is 2. The van der Waals surface area contributed by atoms with Crippen LogP contribution in [0.15, 0.2) is 95.8 Å². The van der Waals surface area contributed by atoms with E-state index in [9.17, 15) is 14.0 Å². The summed E-state index contributed by atoms with van der Waals surface area (Å²) < 4.78 is 15.9. The van der Waals surface area contributed by atoms with Crippen LogP contribution in [0.2, 0.25) is 0 Å². The number of nitrogens with one attached hydrogen (secondary N) is 1. The van der Waals surface area contributed by atoms with Gasteiger partial charge in [0.15, 0.2) is 0 Å². The Balaban J connectivity index is 0.00000324. The van der Waals surface area contributed by atoms with Gasteiger partial charge in [0.2, 0.25) is 5.91 Å². The van der Waals surface area contributed by atoms with Gasteiger partial charge in [-0.2, -0.15) is 5.10 Å². The number of amides is 1. The van der Waals surface area contributed by atoms with Crippen LogP contribution in [0.5, 0.6) is 0 Å². The standard InChI is InChI=1S/C26H23FN4O2.ClH/c1-31-23(32)15-14-22(30-31)20-13-12-19(16-21(20)27)29-26(33)25(28)24(17-8-4-2-5-9-17)18-10-6-3-7-11-18;/h2-16,24-25H,28H2,1H3,(H,29,33);1H. The zero-order valence-electron chi connectivity index (χ0n) is 18.4. The van der Waals surface area contributed by atoms with Gasteiger partial charge in [0.05, 0.1) is 11.7 Å². The van der Waals surface area contributed by atoms with E-state index in [0.29, 0.717) is 5.69 Å². The van der Waals surface area contributed by atoms with E-state index in [-0.39, 0.29) is 35.1 Å². The van der Waals surface area contributed by atoms with Crippen molar-refractivity contribution in [3.05, 3.63) is 118 Å². The predicted molar refractivity (Wildman–Crippen MR) is 133 cm³/mol. The van der Waals surface area contributed by atoms with Gasteiger partial charge >= 0.3 is 0 Å². The van der Waals surface area contributed by atoms with Crippen LogP contribution in [-0.2, 0) is 11.8 Å². The van der Waals surface area contributed by atoms with E-state index in [4.69, 9.17) is 5.73 Å². The summed E-state index contributed by atoms with van der Waals surface area (Å²) in [4.78, 5) is 24.6. The molecule has 4 rings (SSSR count). The van der Waals surface area contributed by atoms with E-state index in [1.165, 1.54) is 31.3 Å². The van der Waals surface area contributed by atoms with Crippen LogP contribution in [0.1, 0.15) is 17.0 Å². The molecule has 1 unspecified atom stereocenters. The first kappa shape index (κ1) is 24.8. The molecule has 174 valence electrons. The summed E-state index contributed by atoms with van der Waals surface area (Å²) in [5.74, 6) is -1.37. The lowest BCUT2D eigenvalue weighted by molar-refractivity contribution is -0.117. The Kier molecular flexibility index (Phi) is 7.94. The van der Waals surface area contributed by atoms with Crippen molar-refractivity contribution in [2.24, 2.45) is 12.8 Å². The quantitative estimate of drug-likeness (QED) is 0.436. The zero-order chi connectivity index (χ0) is 23.4. The molecule has 8 heteroatoms. The number of hydrogen-bond donors (Lipinski definition) is 2. The predicted octanol–water partition coefficient (Wildman–Crippen LogP) is 4.11. The van der Waals surface area contributed by atoms with Crippen molar-refractivity contribution in [3.63, 3.8) is 0 Å². The van der Waals surface area contributed by atoms with E-state index >= 15 is 0 Å². The number of rotatable bonds is 6. The van der Waals surface area contributed by atoms with Crippen molar-refractivity contribution in [3.8, 4) is 11.3 Å². The first-order valence-electron chi connectivity index (χ1n) is 10.4. The highest BCUT2D eigenvalue weighted by Crippen LogP contribution is 2.28. The number of carbonyl (C=O) groups is 1. The van der Waals surface area contributed by atoms with E-state index in [1.807, 2.05) is 60.7 Å². The molecule has 1 heterocycles. The van der Waals surface area contributed by atoms with Gasteiger partial charge in [0, 0.05) is 30.3 Å². The highest BCUT2D eigenvalue weighted by atomic mass is 35.5. The van der Waals surface area contributed by atoms with E-state index in [2.05, 4.69) is 10.4 Å². The molecule has 6 nitrogen and oxygen atoms in total. The number of anilines is 1. The first-order chi connectivity index (χ1) is 15.9. The molecule has 1 atom stereocenters. The van der Waals surface area contributed by atoms with Gasteiger partial charge in [-0.1, -0.05) is 60.7 Å². The van der Waals surface area contributed by atoms with Crippen LogP contribution >= 0.6 is 12.4 Å². The molecule has 4 aromatic rings. The molecule has 3 aromatic carbocycles. The smallest absolute Gasteiger partial charge is 0.266 e. The maximum atomic E-state index is 14.8. The lowest BCUT2D eigenvalue weighted by Gasteiger charge is -2.24. The molecular weight excluding hydrogens is 455 g/mol. The molecule has 0 saturated carbocycles. The van der Waals surface area contributed by atoms with E-state index < -0.39 is 17.8 Å². The monoisotopic (exact) mass is 478 g/mol. The maximum Gasteiger partial charge on any atom is 0.266 e. The second-order valence-corrected chi connectivity index (χ2v) is 7.69. The minimum absolute atomic E-state index is 0. The number of carbonyl (C=O) groups excluding carboxylic acids is 1. The van der Waals surface area contributed by atoms with Crippen molar-refractivity contribution in [1.29, 1.82) is 0 Å². The molecule has 0 bridgehead atoms. The Bertz CT molecular complexity index is 1290. The van der Waals surface area contributed by atoms with Crippen LogP contribution in [0.3, 0.4) is 0 Å². The summed E-state index contributed by atoms with van der Waals surface area (Å²) in [5.41, 5.74) is 8.77. The van der Waals surface area contributed by atoms with Crippen LogP contribution in [0, 0.1) is 5.82 Å². The number of aromatic nitrogens is 2. The maximum absolute atomic E-state index is 14.8. The molecule has 3 N–H and O–H groups in total. The Morgan fingerprint density at radius 2 is 1.53 bits per heavy atom. The normalized spacial score (nSPS) is 11.5. The lowest BCUT2D eigenvalue weighted by atomic mass is 9.85. The fourth-order valence-electron chi connectivity index (χ4n) is 3.75. The highest BCUT2D eigenvalue weighted by Gasteiger charge is 2.28. The number of hydrogen-bond acceptors (Lipinski definition) is 4. The van der Waals surface area contributed by atoms with Gasteiger partial charge in [-0.3, -0.25) is 9.59 Å². The third-order valence-corrected chi connectivity index (χ3v) is 5.45. The fraction of sp³-hybridized carbons (Fsp3) is 0.115. The molecule has 0 radical (unpaired) electrons. The van der Waals surface area contributed by atoms with Gasteiger partial charge in [0.1, 0.15) is 5.82 Å². The molecule has 1 amide bonds. The molecule has 34 heavy (non-hydrogen) atoms. The number of benzene rings is 3. The molecule has 0 aliphatic carbocycles. The average molecular weight is 479 g/mol. The van der Waals surface area contributed by atoms with Crippen LogP contribution in [0.4, 0.5) is 10.1 Å². The van der Waals surface area contributed by atoms with Crippen molar-refractivity contribution in [2.75, 3.05) is 5.32 Å². The minimum Gasteiger partial charge on any atom is -0.325 e. The summed E-state index contributed by atoms with van der Waals surface area (Å²) in [5, 5.41) is 6.79. The highest BCUT2D eigenvalue weighted by molar-refractivity contribution is 5.96. The lowest BCUT2D eigenvalue weighted by Crippen LogP contribution is -2.41. The second-order valence-electron chi connectivity index (χ2n) is 7.69. The van der Waals surface area contributed by atoms with Crippen molar-refractivity contribution >= 4 is 24.0 Å². The zero-order valence-corrected chi connectivity index (χ0v) is 19.2. The van der Waals surface area contributed by atoms with E-state index in [0.717, 1.165) is 15.8 Å². The summed E-state index contributed by atoms with van der Waals surface area (Å²) in [6.07, 6.45) is 0. The van der Waals surface area contributed by atoms with E-state index in [1.54, 1.807) is 6.07 Å². The molecule has 0 aliphatic heterocycles. The summed E-state index contributed by atoms with van der Waals surface area (Å²) in [6.45, 7) is 0. The van der Waals surface area contributed by atoms with Gasteiger partial charge in [-0.25, -0.2) is 9.07 Å². The molecule has 0 aliphatic rings. The Morgan fingerprint density at radius 1 is 0.941 bits per heavy atom. The minimum atomic E-state index is -0.900. The largest absolute Gasteiger partial charge is 0.325 e. The van der Waals surface area contributed by atoms with Crippen LogP contribution in [0.25, 0.3) is 11.3 Å².